The van der Waals surface area contributed by atoms with Crippen LogP contribution < -0.4 is 10.1 Å². The molecule has 4 aromatic rings. The Bertz CT molecular complexity index is 1940. The summed E-state index contributed by atoms with van der Waals surface area (Å²) in [5.41, 5.74) is -0.0939. The van der Waals surface area contributed by atoms with Gasteiger partial charge in [-0.1, -0.05) is 41.9 Å². The number of aryl methyl sites for hydroxylation is 1. The molecule has 1 aromatic heterocycles. The molecule has 0 bridgehead atoms. The number of hydrogen-bond donors (Lipinski definition) is 1. The van der Waals surface area contributed by atoms with E-state index in [4.69, 9.17) is 21.1 Å². The number of aromatic nitrogens is 1. The fourth-order valence-corrected chi connectivity index (χ4v) is 6.89. The van der Waals surface area contributed by atoms with Crippen LogP contribution in [0.4, 0.5) is 28.0 Å². The lowest BCUT2D eigenvalue weighted by Gasteiger charge is -2.19. The molecule has 0 radical (unpaired) electrons. The second kappa shape index (κ2) is 12.7. The number of nitrogens with zero attached hydrogens (tertiary/aromatic N) is 2. The number of anilines is 1. The van der Waals surface area contributed by atoms with Gasteiger partial charge in [-0.05, 0) is 73.4 Å². The number of benzene rings is 3. The number of nitrogens with one attached hydrogen (secondary N) is 1. The van der Waals surface area contributed by atoms with Crippen molar-refractivity contribution in [1.82, 2.24) is 4.98 Å². The highest BCUT2D eigenvalue weighted by molar-refractivity contribution is 7.94. The van der Waals surface area contributed by atoms with Crippen LogP contribution in [0.25, 0.3) is 0 Å². The number of halogens is 5. The van der Waals surface area contributed by atoms with Crippen molar-refractivity contribution in [2.24, 2.45) is 4.36 Å². The van der Waals surface area contributed by atoms with Crippen molar-refractivity contribution in [3.63, 3.8) is 0 Å². The van der Waals surface area contributed by atoms with E-state index in [1.165, 1.54) is 37.6 Å². The molecule has 8 nitrogen and oxygen atoms in total. The van der Waals surface area contributed by atoms with Crippen LogP contribution in [0.15, 0.2) is 83.4 Å². The second-order valence-electron chi connectivity index (χ2n) is 10.7. The highest BCUT2D eigenvalue weighted by atomic mass is 35.5. The molecule has 3 aromatic carbocycles. The second-order valence-corrected chi connectivity index (χ2v) is 13.6. The van der Waals surface area contributed by atoms with E-state index in [1.807, 2.05) is 6.07 Å². The van der Waals surface area contributed by atoms with Crippen LogP contribution in [0, 0.1) is 12.7 Å². The fraction of sp³-hybridized carbons (Fsp3) is 0.219. The Balaban J connectivity index is 1.41. The number of ether oxygens (including phenoxy) is 2. The maximum atomic E-state index is 13.7. The average molecular weight is 676 g/mol. The summed E-state index contributed by atoms with van der Waals surface area (Å²) in [6.45, 7) is 1.44. The van der Waals surface area contributed by atoms with Gasteiger partial charge in [0.25, 0.3) is 5.91 Å². The summed E-state index contributed by atoms with van der Waals surface area (Å²) in [6, 6.07) is 16.6. The summed E-state index contributed by atoms with van der Waals surface area (Å²) in [5, 5.41) is 1.85. The van der Waals surface area contributed by atoms with Gasteiger partial charge in [0.05, 0.1) is 36.3 Å². The van der Waals surface area contributed by atoms with E-state index >= 15 is 0 Å². The normalized spacial score (nSPS) is 14.9. The largest absolute Gasteiger partial charge is 0.456 e. The Morgan fingerprint density at radius 1 is 1.04 bits per heavy atom. The van der Waals surface area contributed by atoms with Gasteiger partial charge in [-0.25, -0.2) is 13.4 Å². The highest BCUT2D eigenvalue weighted by Crippen LogP contribution is 2.53. The first-order chi connectivity index (χ1) is 21.7. The maximum Gasteiger partial charge on any atom is 0.442 e. The third kappa shape index (κ3) is 7.15. The Morgan fingerprint density at radius 3 is 2.41 bits per heavy atom. The van der Waals surface area contributed by atoms with Gasteiger partial charge in [-0.3, -0.25) is 9.78 Å². The van der Waals surface area contributed by atoms with Crippen LogP contribution in [0.5, 0.6) is 11.5 Å². The van der Waals surface area contributed by atoms with Gasteiger partial charge < -0.3 is 14.8 Å². The molecule has 1 aliphatic rings. The zero-order chi connectivity index (χ0) is 33.3. The molecule has 1 N–H and O–H groups in total. The zero-order valence-electron chi connectivity index (χ0n) is 24.4. The Hall–Kier alpha value is -4.49. The summed E-state index contributed by atoms with van der Waals surface area (Å²) in [7, 11) is -3.22. The molecule has 1 heterocycles. The van der Waals surface area contributed by atoms with E-state index in [0.717, 1.165) is 23.8 Å². The zero-order valence-corrected chi connectivity index (χ0v) is 25.9. The number of pyridine rings is 1. The first-order valence-corrected chi connectivity index (χ1v) is 16.0. The van der Waals surface area contributed by atoms with E-state index in [-0.39, 0.29) is 29.2 Å². The predicted octanol–water partition coefficient (Wildman–Crippen LogP) is 8.67. The smallest absolute Gasteiger partial charge is 0.442 e. The minimum atomic E-state index is -4.85. The van der Waals surface area contributed by atoms with Crippen molar-refractivity contribution in [2.45, 2.75) is 37.3 Å². The summed E-state index contributed by atoms with van der Waals surface area (Å²) < 4.78 is 82.0. The molecule has 1 aliphatic carbocycles. The van der Waals surface area contributed by atoms with E-state index in [0.29, 0.717) is 24.6 Å². The van der Waals surface area contributed by atoms with E-state index in [9.17, 15) is 31.4 Å². The van der Waals surface area contributed by atoms with Gasteiger partial charge in [-0.15, -0.1) is 4.36 Å². The Morgan fingerprint density at radius 2 is 1.76 bits per heavy atom. The van der Waals surface area contributed by atoms with Crippen LogP contribution in [0.1, 0.15) is 45.6 Å². The molecular formula is C32H26ClF4N3O5S. The third-order valence-electron chi connectivity index (χ3n) is 7.34. The number of rotatable bonds is 8. The van der Waals surface area contributed by atoms with Crippen LogP contribution in [-0.2, 0) is 32.0 Å². The SMILES string of the molecule is Cc1cc(F)ccc1Oc1cc(C(F)(F)F)c(Cl)cc1C(=O)Nc1ccnc(C2(S(C)(=O)=NC(=O)OCc3ccccc3)CC2)c1. The maximum absolute atomic E-state index is 13.7. The van der Waals surface area contributed by atoms with Gasteiger partial charge >= 0.3 is 12.3 Å². The lowest BCUT2D eigenvalue weighted by Crippen LogP contribution is -2.23. The molecule has 46 heavy (non-hydrogen) atoms. The number of carbonyl (C=O) groups is 2. The molecule has 5 rings (SSSR count). The minimum Gasteiger partial charge on any atom is -0.456 e. The van der Waals surface area contributed by atoms with E-state index in [1.54, 1.807) is 24.3 Å². The number of amides is 2. The molecule has 1 unspecified atom stereocenters. The summed E-state index contributed by atoms with van der Waals surface area (Å²) in [5.74, 6) is -1.90. The standard InChI is InChI=1S/C32H26ClF4N3O5S/c1-19-14-21(34)8-9-26(19)45-27-17-24(32(35,36)37)25(33)16-23(27)29(41)39-22-10-13-38-28(15-22)31(11-12-31)46(2,43)40-30(42)44-18-20-6-4-3-5-7-20/h3-10,13-17H,11-12,18H2,1-2H3,(H,38,39,41). The molecule has 0 aliphatic heterocycles. The molecule has 14 heteroatoms. The topological polar surface area (TPSA) is 107 Å². The van der Waals surface area contributed by atoms with E-state index < -0.39 is 54.8 Å². The van der Waals surface area contributed by atoms with Gasteiger partial charge in [0.2, 0.25) is 0 Å². The summed E-state index contributed by atoms with van der Waals surface area (Å²) >= 11 is 5.94. The Kier molecular flexibility index (Phi) is 9.09. The first-order valence-electron chi connectivity index (χ1n) is 13.7. The van der Waals surface area contributed by atoms with Crippen molar-refractivity contribution in [3.8, 4) is 11.5 Å². The molecule has 1 saturated carbocycles. The van der Waals surface area contributed by atoms with Crippen molar-refractivity contribution in [1.29, 1.82) is 0 Å². The van der Waals surface area contributed by atoms with Gasteiger partial charge in [0, 0.05) is 18.1 Å². The molecule has 0 saturated heterocycles. The molecule has 0 spiro atoms. The van der Waals surface area contributed by atoms with Gasteiger partial charge in [0.1, 0.15) is 23.9 Å². The van der Waals surface area contributed by atoms with Crippen molar-refractivity contribution < 1.29 is 40.8 Å². The summed E-state index contributed by atoms with van der Waals surface area (Å²) in [6.07, 6.45) is -2.37. The van der Waals surface area contributed by atoms with Crippen molar-refractivity contribution in [2.75, 3.05) is 11.6 Å². The van der Waals surface area contributed by atoms with Gasteiger partial charge in [-0.2, -0.15) is 13.2 Å². The van der Waals surface area contributed by atoms with E-state index in [2.05, 4.69) is 14.7 Å². The van der Waals surface area contributed by atoms with Crippen molar-refractivity contribution in [3.05, 3.63) is 118 Å². The quantitative estimate of drug-likeness (QED) is 0.187. The summed E-state index contributed by atoms with van der Waals surface area (Å²) in [4.78, 5) is 30.2. The predicted molar refractivity (Wildman–Crippen MR) is 164 cm³/mol. The molecular weight excluding hydrogens is 650 g/mol. The van der Waals surface area contributed by atoms with Crippen LogP contribution >= 0.6 is 11.6 Å². The molecule has 240 valence electrons. The lowest BCUT2D eigenvalue weighted by atomic mass is 10.1. The first kappa shape index (κ1) is 32.9. The third-order valence-corrected chi connectivity index (χ3v) is 10.2. The molecule has 1 atom stereocenters. The van der Waals surface area contributed by atoms with Crippen LogP contribution in [-0.4, -0.2) is 27.4 Å². The van der Waals surface area contributed by atoms with Gasteiger partial charge in [0.15, 0.2) is 0 Å². The molecule has 2 amide bonds. The fourth-order valence-electron chi connectivity index (χ4n) is 4.75. The number of hydrogen-bond acceptors (Lipinski definition) is 6. The van der Waals surface area contributed by atoms with Crippen LogP contribution in [0.2, 0.25) is 5.02 Å². The highest BCUT2D eigenvalue weighted by Gasteiger charge is 2.54. The van der Waals surface area contributed by atoms with Crippen LogP contribution in [0.3, 0.4) is 0 Å². The Labute approximate surface area is 266 Å². The average Bonchev–Trinajstić information content (AvgIpc) is 3.81. The lowest BCUT2D eigenvalue weighted by molar-refractivity contribution is -0.137. The number of alkyl halides is 3. The van der Waals surface area contributed by atoms with Crippen molar-refractivity contribution >= 4 is 39.0 Å². The minimum absolute atomic E-state index is 0.0246. The monoisotopic (exact) mass is 675 g/mol. The number of carbonyl (C=O) groups excluding carboxylic acids is 2. The molecule has 1 fully saturated rings.